The van der Waals surface area contributed by atoms with Crippen molar-refractivity contribution in [3.05, 3.63) is 35.4 Å². The van der Waals surface area contributed by atoms with Gasteiger partial charge in [-0.15, -0.1) is 0 Å². The standard InChI is InChI=1S/C23H27F3N2O4/c1-2-27(14-18-7-4-10-32-18)19(29)12-22(13-20(30)28(21(22)31)17-8-9-17)15-5-3-6-16(11-15)23(24,25)26/h3,5-6,11,17-18H,2,4,7-10,12-14H2,1H3/t18-,22+/m0/s1. The van der Waals surface area contributed by atoms with Crippen LogP contribution < -0.4 is 0 Å². The van der Waals surface area contributed by atoms with Gasteiger partial charge in [0.25, 0.3) is 0 Å². The summed E-state index contributed by atoms with van der Waals surface area (Å²) in [4.78, 5) is 42.3. The summed E-state index contributed by atoms with van der Waals surface area (Å²) < 4.78 is 45.8. The van der Waals surface area contributed by atoms with Crippen LogP contribution in [0.1, 0.15) is 56.6 Å². The van der Waals surface area contributed by atoms with Gasteiger partial charge in [-0.2, -0.15) is 13.2 Å². The highest BCUT2D eigenvalue weighted by atomic mass is 19.4. The number of alkyl halides is 3. The quantitative estimate of drug-likeness (QED) is 0.596. The largest absolute Gasteiger partial charge is 0.416 e. The number of carbonyl (C=O) groups is 3. The number of halogens is 3. The Balaban J connectivity index is 1.68. The normalized spacial score (nSPS) is 26.1. The van der Waals surface area contributed by atoms with E-state index >= 15 is 0 Å². The second kappa shape index (κ2) is 8.50. The lowest BCUT2D eigenvalue weighted by atomic mass is 9.75. The molecular weight excluding hydrogens is 425 g/mol. The molecule has 0 unspecified atom stereocenters. The molecule has 32 heavy (non-hydrogen) atoms. The van der Waals surface area contributed by atoms with Crippen LogP contribution in [0.2, 0.25) is 0 Å². The van der Waals surface area contributed by atoms with Gasteiger partial charge in [0.05, 0.1) is 17.1 Å². The van der Waals surface area contributed by atoms with Crippen molar-refractivity contribution in [2.24, 2.45) is 0 Å². The van der Waals surface area contributed by atoms with E-state index in [2.05, 4.69) is 0 Å². The van der Waals surface area contributed by atoms with Gasteiger partial charge >= 0.3 is 6.18 Å². The van der Waals surface area contributed by atoms with E-state index in [1.165, 1.54) is 17.0 Å². The number of rotatable bonds is 7. The first-order valence-electron chi connectivity index (χ1n) is 11.1. The number of benzene rings is 1. The highest BCUT2D eigenvalue weighted by Crippen LogP contribution is 2.45. The molecule has 9 heteroatoms. The fourth-order valence-corrected chi connectivity index (χ4v) is 4.74. The Morgan fingerprint density at radius 3 is 2.59 bits per heavy atom. The lowest BCUT2D eigenvalue weighted by Crippen LogP contribution is -2.45. The first-order valence-corrected chi connectivity index (χ1v) is 11.1. The zero-order chi connectivity index (χ0) is 23.1. The highest BCUT2D eigenvalue weighted by molar-refractivity contribution is 6.11. The van der Waals surface area contributed by atoms with Crippen LogP contribution >= 0.6 is 0 Å². The number of likely N-dealkylation sites (tertiary alicyclic amines) is 1. The Morgan fingerprint density at radius 1 is 1.25 bits per heavy atom. The van der Waals surface area contributed by atoms with Crippen molar-refractivity contribution in [2.45, 2.75) is 69.2 Å². The van der Waals surface area contributed by atoms with Crippen molar-refractivity contribution in [1.29, 1.82) is 0 Å². The minimum absolute atomic E-state index is 0.0651. The van der Waals surface area contributed by atoms with Crippen molar-refractivity contribution >= 4 is 17.7 Å². The Hall–Kier alpha value is -2.42. The van der Waals surface area contributed by atoms with Crippen molar-refractivity contribution in [3.63, 3.8) is 0 Å². The van der Waals surface area contributed by atoms with E-state index in [-0.39, 0.29) is 36.5 Å². The summed E-state index contributed by atoms with van der Waals surface area (Å²) in [6.45, 7) is 3.18. The average Bonchev–Trinajstić information content (AvgIpc) is 3.37. The summed E-state index contributed by atoms with van der Waals surface area (Å²) in [5.41, 5.74) is -2.46. The van der Waals surface area contributed by atoms with E-state index < -0.39 is 29.0 Å². The Kier molecular flexibility index (Phi) is 6.04. The molecule has 2 aliphatic heterocycles. The average molecular weight is 452 g/mol. The van der Waals surface area contributed by atoms with Crippen LogP contribution in [0, 0.1) is 0 Å². The van der Waals surface area contributed by atoms with Gasteiger partial charge in [-0.1, -0.05) is 18.2 Å². The molecule has 0 aromatic heterocycles. The van der Waals surface area contributed by atoms with Crippen molar-refractivity contribution in [1.82, 2.24) is 9.80 Å². The smallest absolute Gasteiger partial charge is 0.376 e. The molecule has 2 atom stereocenters. The molecule has 3 fully saturated rings. The molecule has 1 saturated carbocycles. The van der Waals surface area contributed by atoms with Gasteiger partial charge in [-0.25, -0.2) is 0 Å². The van der Waals surface area contributed by atoms with Crippen LogP contribution in [0.3, 0.4) is 0 Å². The third kappa shape index (κ3) is 4.27. The van der Waals surface area contributed by atoms with Crippen LogP contribution in [0.5, 0.6) is 0 Å². The van der Waals surface area contributed by atoms with Crippen LogP contribution in [0.25, 0.3) is 0 Å². The van der Waals surface area contributed by atoms with E-state index in [0.717, 1.165) is 25.0 Å². The number of carbonyl (C=O) groups excluding carboxylic acids is 3. The van der Waals surface area contributed by atoms with E-state index in [1.807, 2.05) is 6.92 Å². The molecule has 3 aliphatic rings. The molecular formula is C23H27F3N2O4. The summed E-state index contributed by atoms with van der Waals surface area (Å²) >= 11 is 0. The summed E-state index contributed by atoms with van der Waals surface area (Å²) in [7, 11) is 0. The lowest BCUT2D eigenvalue weighted by Gasteiger charge is -2.31. The third-order valence-electron chi connectivity index (χ3n) is 6.64. The first kappa shape index (κ1) is 22.8. The fraction of sp³-hybridized carbons (Fsp3) is 0.609. The van der Waals surface area contributed by atoms with E-state index in [1.54, 1.807) is 4.90 Å². The van der Waals surface area contributed by atoms with Gasteiger partial charge < -0.3 is 9.64 Å². The van der Waals surface area contributed by atoms with Gasteiger partial charge in [0.1, 0.15) is 0 Å². The van der Waals surface area contributed by atoms with Gasteiger partial charge in [0, 0.05) is 38.6 Å². The predicted octanol–water partition coefficient (Wildman–Crippen LogP) is 3.28. The molecule has 1 aromatic rings. The number of hydrogen-bond acceptors (Lipinski definition) is 4. The van der Waals surface area contributed by atoms with E-state index in [9.17, 15) is 27.6 Å². The Bertz CT molecular complexity index is 909. The van der Waals surface area contributed by atoms with Crippen molar-refractivity contribution in [2.75, 3.05) is 19.7 Å². The number of hydrogen-bond donors (Lipinski definition) is 0. The van der Waals surface area contributed by atoms with Crippen molar-refractivity contribution < 1.29 is 32.3 Å². The number of ether oxygens (including phenoxy) is 1. The molecule has 3 amide bonds. The first-order chi connectivity index (χ1) is 15.2. The maximum Gasteiger partial charge on any atom is 0.416 e. The predicted molar refractivity (Wildman–Crippen MR) is 108 cm³/mol. The van der Waals surface area contributed by atoms with Crippen LogP contribution in [0.4, 0.5) is 13.2 Å². The fourth-order valence-electron chi connectivity index (χ4n) is 4.74. The zero-order valence-electron chi connectivity index (χ0n) is 18.0. The minimum Gasteiger partial charge on any atom is -0.376 e. The van der Waals surface area contributed by atoms with Gasteiger partial charge in [-0.05, 0) is 44.2 Å². The molecule has 1 aromatic carbocycles. The third-order valence-corrected chi connectivity index (χ3v) is 6.64. The lowest BCUT2D eigenvalue weighted by molar-refractivity contribution is -0.143. The monoisotopic (exact) mass is 452 g/mol. The summed E-state index contributed by atoms with van der Waals surface area (Å²) in [5, 5.41) is 0. The molecule has 0 spiro atoms. The van der Waals surface area contributed by atoms with Crippen LogP contribution in [-0.2, 0) is 30.7 Å². The zero-order valence-corrected chi connectivity index (χ0v) is 18.0. The molecule has 0 bridgehead atoms. The van der Waals surface area contributed by atoms with Crippen LogP contribution in [-0.4, -0.2) is 59.4 Å². The topological polar surface area (TPSA) is 66.9 Å². The second-order valence-corrected chi connectivity index (χ2v) is 8.88. The highest BCUT2D eigenvalue weighted by Gasteiger charge is 2.57. The second-order valence-electron chi connectivity index (χ2n) is 8.88. The van der Waals surface area contributed by atoms with Gasteiger partial charge in [-0.3, -0.25) is 19.3 Å². The number of nitrogens with zero attached hydrogens (tertiary/aromatic N) is 2. The SMILES string of the molecule is CCN(C[C@@H]1CCCO1)C(=O)C[C@]1(c2cccc(C(F)(F)F)c2)CC(=O)N(C2CC2)C1=O. The maximum atomic E-state index is 13.5. The van der Waals surface area contributed by atoms with Crippen molar-refractivity contribution in [3.8, 4) is 0 Å². The van der Waals surface area contributed by atoms with Gasteiger partial charge in [0.2, 0.25) is 17.7 Å². The van der Waals surface area contributed by atoms with E-state index in [0.29, 0.717) is 32.5 Å². The molecule has 174 valence electrons. The summed E-state index contributed by atoms with van der Waals surface area (Å²) in [6, 6.07) is 4.26. The Labute approximate surface area is 184 Å². The molecule has 1 aliphatic carbocycles. The van der Waals surface area contributed by atoms with Crippen LogP contribution in [0.15, 0.2) is 24.3 Å². The number of amides is 3. The molecule has 2 heterocycles. The minimum atomic E-state index is -4.60. The molecule has 4 rings (SSSR count). The Morgan fingerprint density at radius 2 is 2.00 bits per heavy atom. The molecule has 0 N–H and O–H groups in total. The molecule has 6 nitrogen and oxygen atoms in total. The number of imide groups is 1. The van der Waals surface area contributed by atoms with E-state index in [4.69, 9.17) is 4.74 Å². The van der Waals surface area contributed by atoms with Gasteiger partial charge in [0.15, 0.2) is 0 Å². The molecule has 0 radical (unpaired) electrons. The maximum absolute atomic E-state index is 13.5. The number of likely N-dealkylation sites (N-methyl/N-ethyl adjacent to an activating group) is 1. The summed E-state index contributed by atoms with van der Waals surface area (Å²) in [5.74, 6) is -1.35. The molecule has 2 saturated heterocycles. The summed E-state index contributed by atoms with van der Waals surface area (Å²) in [6.07, 6.45) is -2.22.